The van der Waals surface area contributed by atoms with E-state index in [1.54, 1.807) is 19.1 Å². The SMILES string of the molecule is CC(NS(=O)(=O)Cc1ccc(Cl)cc1Cl)c1ccc(F)cc1. The van der Waals surface area contributed by atoms with Crippen LogP contribution < -0.4 is 4.72 Å². The number of rotatable bonds is 5. The number of hydrogen-bond donors (Lipinski definition) is 1. The maximum atomic E-state index is 12.9. The predicted octanol–water partition coefficient (Wildman–Crippen LogP) is 4.31. The zero-order valence-electron chi connectivity index (χ0n) is 11.7. The summed E-state index contributed by atoms with van der Waals surface area (Å²) in [5.74, 6) is -0.624. The second-order valence-electron chi connectivity index (χ2n) is 4.89. The second kappa shape index (κ2) is 6.96. The molecule has 118 valence electrons. The highest BCUT2D eigenvalue weighted by Crippen LogP contribution is 2.23. The van der Waals surface area contributed by atoms with Crippen LogP contribution >= 0.6 is 23.2 Å². The topological polar surface area (TPSA) is 46.2 Å². The van der Waals surface area contributed by atoms with E-state index in [0.29, 0.717) is 21.2 Å². The van der Waals surface area contributed by atoms with Crippen LogP contribution in [0.25, 0.3) is 0 Å². The molecule has 0 bridgehead atoms. The van der Waals surface area contributed by atoms with Crippen LogP contribution in [0.5, 0.6) is 0 Å². The first-order valence-corrected chi connectivity index (χ1v) is 8.87. The molecule has 0 radical (unpaired) electrons. The van der Waals surface area contributed by atoms with Gasteiger partial charge in [-0.15, -0.1) is 0 Å². The van der Waals surface area contributed by atoms with Crippen molar-refractivity contribution in [1.82, 2.24) is 4.72 Å². The summed E-state index contributed by atoms with van der Waals surface area (Å²) >= 11 is 11.8. The molecule has 0 saturated carbocycles. The van der Waals surface area contributed by atoms with E-state index >= 15 is 0 Å². The summed E-state index contributed by atoms with van der Waals surface area (Å²) in [6, 6.07) is 9.84. The lowest BCUT2D eigenvalue weighted by Gasteiger charge is -2.15. The molecule has 0 amide bonds. The molecule has 7 heteroatoms. The number of sulfonamides is 1. The van der Waals surface area contributed by atoms with Crippen molar-refractivity contribution in [3.05, 3.63) is 69.5 Å². The van der Waals surface area contributed by atoms with Gasteiger partial charge in [-0.05, 0) is 42.3 Å². The minimum atomic E-state index is -3.60. The molecule has 0 aliphatic heterocycles. The van der Waals surface area contributed by atoms with Gasteiger partial charge < -0.3 is 0 Å². The summed E-state index contributed by atoms with van der Waals surface area (Å²) in [4.78, 5) is 0. The van der Waals surface area contributed by atoms with Gasteiger partial charge in [0.25, 0.3) is 0 Å². The van der Waals surface area contributed by atoms with Gasteiger partial charge in [-0.2, -0.15) is 0 Å². The summed E-state index contributed by atoms with van der Waals surface area (Å²) in [5.41, 5.74) is 1.14. The van der Waals surface area contributed by atoms with Crippen molar-refractivity contribution in [3.63, 3.8) is 0 Å². The average molecular weight is 362 g/mol. The van der Waals surface area contributed by atoms with Crippen molar-refractivity contribution in [2.24, 2.45) is 0 Å². The van der Waals surface area contributed by atoms with Crippen molar-refractivity contribution in [2.75, 3.05) is 0 Å². The van der Waals surface area contributed by atoms with Crippen LogP contribution in [0, 0.1) is 5.82 Å². The summed E-state index contributed by atoms with van der Waals surface area (Å²) < 4.78 is 39.9. The highest BCUT2D eigenvalue weighted by Gasteiger charge is 2.18. The third-order valence-corrected chi connectivity index (χ3v) is 5.08. The average Bonchev–Trinajstić information content (AvgIpc) is 2.42. The Morgan fingerprint density at radius 2 is 1.77 bits per heavy atom. The molecule has 0 spiro atoms. The molecular formula is C15H14Cl2FNO2S. The minimum Gasteiger partial charge on any atom is -0.212 e. The standard InChI is InChI=1S/C15H14Cl2FNO2S/c1-10(11-3-6-14(18)7-4-11)19-22(20,21)9-12-2-5-13(16)8-15(12)17/h2-8,10,19H,9H2,1H3. The molecular weight excluding hydrogens is 348 g/mol. The van der Waals surface area contributed by atoms with Crippen molar-refractivity contribution in [2.45, 2.75) is 18.7 Å². The zero-order valence-corrected chi connectivity index (χ0v) is 14.0. The lowest BCUT2D eigenvalue weighted by atomic mass is 10.1. The molecule has 2 aromatic rings. The lowest BCUT2D eigenvalue weighted by Crippen LogP contribution is -2.28. The normalized spacial score (nSPS) is 13.1. The molecule has 0 aliphatic carbocycles. The van der Waals surface area contributed by atoms with Crippen LogP contribution in [0.2, 0.25) is 10.0 Å². The second-order valence-corrected chi connectivity index (χ2v) is 7.48. The van der Waals surface area contributed by atoms with E-state index in [1.165, 1.54) is 30.3 Å². The lowest BCUT2D eigenvalue weighted by molar-refractivity contribution is 0.565. The van der Waals surface area contributed by atoms with E-state index in [-0.39, 0.29) is 11.6 Å². The first-order chi connectivity index (χ1) is 10.3. The van der Waals surface area contributed by atoms with Crippen LogP contribution in [0.4, 0.5) is 4.39 Å². The van der Waals surface area contributed by atoms with Crippen molar-refractivity contribution < 1.29 is 12.8 Å². The van der Waals surface area contributed by atoms with Crippen LogP contribution in [-0.4, -0.2) is 8.42 Å². The molecule has 0 aromatic heterocycles. The van der Waals surface area contributed by atoms with Crippen LogP contribution in [-0.2, 0) is 15.8 Å². The fourth-order valence-corrected chi connectivity index (χ4v) is 3.95. The molecule has 3 nitrogen and oxygen atoms in total. The smallest absolute Gasteiger partial charge is 0.212 e. The Morgan fingerprint density at radius 3 is 2.36 bits per heavy atom. The first-order valence-electron chi connectivity index (χ1n) is 6.46. The zero-order chi connectivity index (χ0) is 16.3. The Morgan fingerprint density at radius 1 is 1.14 bits per heavy atom. The van der Waals surface area contributed by atoms with Gasteiger partial charge in [0.15, 0.2) is 0 Å². The Labute approximate surface area is 139 Å². The molecule has 1 atom stereocenters. The number of halogens is 3. The Balaban J connectivity index is 2.12. The van der Waals surface area contributed by atoms with Crippen LogP contribution in [0.3, 0.4) is 0 Å². The Kier molecular flexibility index (Phi) is 5.45. The maximum Gasteiger partial charge on any atom is 0.216 e. The summed E-state index contributed by atoms with van der Waals surface area (Å²) in [5, 5.41) is 0.742. The molecule has 0 saturated heterocycles. The van der Waals surface area contributed by atoms with Gasteiger partial charge in [-0.3, -0.25) is 0 Å². The summed E-state index contributed by atoms with van der Waals surface area (Å²) in [6.07, 6.45) is 0. The van der Waals surface area contributed by atoms with Crippen molar-refractivity contribution in [1.29, 1.82) is 0 Å². The van der Waals surface area contributed by atoms with Crippen molar-refractivity contribution in [3.8, 4) is 0 Å². The Hall–Kier alpha value is -1.14. The van der Waals surface area contributed by atoms with Gasteiger partial charge in [0.05, 0.1) is 5.75 Å². The van der Waals surface area contributed by atoms with Gasteiger partial charge in [-0.25, -0.2) is 17.5 Å². The van der Waals surface area contributed by atoms with E-state index < -0.39 is 16.1 Å². The van der Waals surface area contributed by atoms with E-state index in [4.69, 9.17) is 23.2 Å². The monoisotopic (exact) mass is 361 g/mol. The first kappa shape index (κ1) is 17.2. The Bertz CT molecular complexity index is 764. The highest BCUT2D eigenvalue weighted by molar-refractivity contribution is 7.88. The summed E-state index contributed by atoms with van der Waals surface area (Å²) in [7, 11) is -3.60. The molecule has 1 N–H and O–H groups in total. The van der Waals surface area contributed by atoms with Gasteiger partial charge in [0.2, 0.25) is 10.0 Å². The van der Waals surface area contributed by atoms with E-state index in [1.807, 2.05) is 0 Å². The van der Waals surface area contributed by atoms with Gasteiger partial charge in [0, 0.05) is 16.1 Å². The molecule has 22 heavy (non-hydrogen) atoms. The van der Waals surface area contributed by atoms with E-state index in [0.717, 1.165) is 0 Å². The third-order valence-electron chi connectivity index (χ3n) is 3.09. The van der Waals surface area contributed by atoms with E-state index in [9.17, 15) is 12.8 Å². The predicted molar refractivity (Wildman–Crippen MR) is 87.0 cm³/mol. The molecule has 1 unspecified atom stereocenters. The van der Waals surface area contributed by atoms with E-state index in [2.05, 4.69) is 4.72 Å². The largest absolute Gasteiger partial charge is 0.216 e. The fourth-order valence-electron chi connectivity index (χ4n) is 1.97. The van der Waals surface area contributed by atoms with Gasteiger partial charge in [-0.1, -0.05) is 41.4 Å². The summed E-state index contributed by atoms with van der Waals surface area (Å²) in [6.45, 7) is 1.69. The minimum absolute atomic E-state index is 0.255. The number of benzene rings is 2. The molecule has 0 heterocycles. The van der Waals surface area contributed by atoms with Crippen LogP contribution in [0.15, 0.2) is 42.5 Å². The van der Waals surface area contributed by atoms with Crippen molar-refractivity contribution >= 4 is 33.2 Å². The van der Waals surface area contributed by atoms with Crippen LogP contribution in [0.1, 0.15) is 24.1 Å². The molecule has 2 rings (SSSR count). The van der Waals surface area contributed by atoms with Gasteiger partial charge in [0.1, 0.15) is 5.82 Å². The third kappa shape index (κ3) is 4.68. The molecule has 0 fully saturated rings. The molecule has 2 aromatic carbocycles. The highest BCUT2D eigenvalue weighted by atomic mass is 35.5. The number of nitrogens with one attached hydrogen (secondary N) is 1. The quantitative estimate of drug-likeness (QED) is 0.861. The van der Waals surface area contributed by atoms with Gasteiger partial charge >= 0.3 is 0 Å². The fraction of sp³-hybridized carbons (Fsp3) is 0.200. The maximum absolute atomic E-state index is 12.9. The molecule has 0 aliphatic rings. The number of hydrogen-bond acceptors (Lipinski definition) is 2.